The van der Waals surface area contributed by atoms with E-state index in [1.165, 1.54) is 0 Å². The van der Waals surface area contributed by atoms with E-state index < -0.39 is 11.9 Å². The van der Waals surface area contributed by atoms with Crippen molar-refractivity contribution in [1.29, 1.82) is 0 Å². The standard InChI is InChI=1S/C16H16BrNO2.C2H2O4/c1-12-3-2-4-15(9-12)20-11-16(19)18-10-13-5-7-14(17)8-6-13;3-1(4)2(5)6/h2-9H,10-11H2,1H3,(H,18,19);(H,3,4)(H,5,6). The monoisotopic (exact) mass is 423 g/mol. The number of carboxylic acids is 2. The van der Waals surface area contributed by atoms with Gasteiger partial charge >= 0.3 is 11.9 Å². The van der Waals surface area contributed by atoms with Crippen LogP contribution in [0.5, 0.6) is 5.75 Å². The van der Waals surface area contributed by atoms with E-state index >= 15 is 0 Å². The topological polar surface area (TPSA) is 113 Å². The van der Waals surface area contributed by atoms with Gasteiger partial charge in [0.1, 0.15) is 5.75 Å². The highest BCUT2D eigenvalue weighted by Crippen LogP contribution is 2.12. The first-order chi connectivity index (χ1) is 12.3. The van der Waals surface area contributed by atoms with Crippen LogP contribution in [-0.2, 0) is 20.9 Å². The highest BCUT2D eigenvalue weighted by Gasteiger charge is 2.04. The fourth-order valence-corrected chi connectivity index (χ4v) is 1.97. The van der Waals surface area contributed by atoms with Crippen LogP contribution < -0.4 is 10.1 Å². The summed E-state index contributed by atoms with van der Waals surface area (Å²) in [5.74, 6) is -3.07. The molecule has 0 atom stereocenters. The van der Waals surface area contributed by atoms with Crippen molar-refractivity contribution in [2.24, 2.45) is 0 Å². The van der Waals surface area contributed by atoms with Crippen molar-refractivity contribution in [2.75, 3.05) is 6.61 Å². The average molecular weight is 424 g/mol. The summed E-state index contributed by atoms with van der Waals surface area (Å²) in [6, 6.07) is 15.5. The van der Waals surface area contributed by atoms with Crippen molar-refractivity contribution in [3.8, 4) is 5.75 Å². The highest BCUT2D eigenvalue weighted by atomic mass is 79.9. The molecule has 3 N–H and O–H groups in total. The third kappa shape index (κ3) is 8.84. The molecular weight excluding hydrogens is 406 g/mol. The molecule has 7 nitrogen and oxygen atoms in total. The zero-order valence-corrected chi connectivity index (χ0v) is 15.5. The number of carbonyl (C=O) groups excluding carboxylic acids is 1. The second kappa shape index (κ2) is 10.9. The number of rotatable bonds is 5. The van der Waals surface area contributed by atoms with Crippen LogP contribution in [-0.4, -0.2) is 34.7 Å². The van der Waals surface area contributed by atoms with Crippen LogP contribution in [0.2, 0.25) is 0 Å². The summed E-state index contributed by atoms with van der Waals surface area (Å²) in [7, 11) is 0. The van der Waals surface area contributed by atoms with E-state index in [-0.39, 0.29) is 12.5 Å². The van der Waals surface area contributed by atoms with Crippen molar-refractivity contribution in [1.82, 2.24) is 5.32 Å². The number of hydrogen-bond donors (Lipinski definition) is 3. The molecule has 0 unspecified atom stereocenters. The molecule has 0 aromatic heterocycles. The minimum atomic E-state index is -1.82. The van der Waals surface area contributed by atoms with Gasteiger partial charge in [0, 0.05) is 11.0 Å². The lowest BCUT2D eigenvalue weighted by Gasteiger charge is -2.08. The molecule has 0 aliphatic carbocycles. The van der Waals surface area contributed by atoms with E-state index in [2.05, 4.69) is 21.2 Å². The maximum atomic E-state index is 11.7. The normalized spacial score (nSPS) is 9.46. The number of carbonyl (C=O) groups is 3. The molecule has 0 saturated heterocycles. The molecular formula is C18H18BrNO6. The Balaban J connectivity index is 0.000000487. The summed E-state index contributed by atoms with van der Waals surface area (Å²) >= 11 is 3.37. The molecule has 0 aliphatic heterocycles. The average Bonchev–Trinajstić information content (AvgIpc) is 2.60. The molecule has 0 saturated carbocycles. The lowest BCUT2D eigenvalue weighted by atomic mass is 10.2. The molecule has 26 heavy (non-hydrogen) atoms. The van der Waals surface area contributed by atoms with Gasteiger partial charge in [-0.25, -0.2) is 9.59 Å². The van der Waals surface area contributed by atoms with E-state index in [4.69, 9.17) is 24.5 Å². The molecule has 8 heteroatoms. The number of halogens is 1. The van der Waals surface area contributed by atoms with Gasteiger partial charge in [-0.15, -0.1) is 0 Å². The summed E-state index contributed by atoms with van der Waals surface area (Å²) < 4.78 is 6.46. The Morgan fingerprint density at radius 1 is 1.04 bits per heavy atom. The zero-order chi connectivity index (χ0) is 19.5. The van der Waals surface area contributed by atoms with Crippen LogP contribution in [0.1, 0.15) is 11.1 Å². The molecule has 0 heterocycles. The lowest BCUT2D eigenvalue weighted by molar-refractivity contribution is -0.159. The van der Waals surface area contributed by atoms with Crippen molar-refractivity contribution < 1.29 is 29.3 Å². The first kappa shape index (κ1) is 21.2. The molecule has 1 amide bonds. The van der Waals surface area contributed by atoms with Crippen LogP contribution in [0.15, 0.2) is 53.0 Å². The molecule has 2 aromatic rings. The number of carboxylic acid groups (broad SMARTS) is 2. The molecule has 138 valence electrons. The molecule has 0 radical (unpaired) electrons. The summed E-state index contributed by atoms with van der Waals surface area (Å²) in [6.07, 6.45) is 0. The third-order valence-corrected chi connectivity index (χ3v) is 3.47. The van der Waals surface area contributed by atoms with E-state index in [9.17, 15) is 4.79 Å². The Morgan fingerprint density at radius 2 is 1.65 bits per heavy atom. The van der Waals surface area contributed by atoms with Gasteiger partial charge in [-0.1, -0.05) is 40.2 Å². The number of hydrogen-bond acceptors (Lipinski definition) is 4. The summed E-state index contributed by atoms with van der Waals surface area (Å²) in [6.45, 7) is 2.52. The van der Waals surface area contributed by atoms with Crippen LogP contribution in [0.25, 0.3) is 0 Å². The van der Waals surface area contributed by atoms with E-state index in [0.29, 0.717) is 12.3 Å². The smallest absolute Gasteiger partial charge is 0.414 e. The van der Waals surface area contributed by atoms with Gasteiger partial charge in [0.15, 0.2) is 6.61 Å². The van der Waals surface area contributed by atoms with Gasteiger partial charge in [0.2, 0.25) is 0 Å². The molecule has 2 rings (SSSR count). The fraction of sp³-hybridized carbons (Fsp3) is 0.167. The summed E-state index contributed by atoms with van der Waals surface area (Å²) in [5, 5.41) is 17.6. The Bertz CT molecular complexity index is 749. The number of aliphatic carboxylic acids is 2. The maximum absolute atomic E-state index is 11.7. The van der Waals surface area contributed by atoms with E-state index in [1.54, 1.807) is 0 Å². The predicted octanol–water partition coefficient (Wildman–Crippen LogP) is 2.61. The van der Waals surface area contributed by atoms with Gasteiger partial charge in [0.05, 0.1) is 0 Å². The van der Waals surface area contributed by atoms with Crippen LogP contribution in [0.4, 0.5) is 0 Å². The van der Waals surface area contributed by atoms with Crippen molar-refractivity contribution in [3.63, 3.8) is 0 Å². The zero-order valence-electron chi connectivity index (χ0n) is 13.9. The first-order valence-electron chi connectivity index (χ1n) is 7.44. The van der Waals surface area contributed by atoms with Gasteiger partial charge in [-0.05, 0) is 42.3 Å². The van der Waals surface area contributed by atoms with Crippen LogP contribution in [0, 0.1) is 6.92 Å². The Labute approximate surface area is 158 Å². The number of aryl methyl sites for hydroxylation is 1. The largest absolute Gasteiger partial charge is 0.484 e. The fourth-order valence-electron chi connectivity index (χ4n) is 1.71. The van der Waals surface area contributed by atoms with E-state index in [0.717, 1.165) is 15.6 Å². The highest BCUT2D eigenvalue weighted by molar-refractivity contribution is 9.10. The minimum absolute atomic E-state index is 0.0278. The van der Waals surface area contributed by atoms with Crippen LogP contribution >= 0.6 is 15.9 Å². The first-order valence-corrected chi connectivity index (χ1v) is 8.24. The number of benzene rings is 2. The second-order valence-corrected chi connectivity index (χ2v) is 6.03. The molecule has 0 aliphatic rings. The molecule has 0 spiro atoms. The number of ether oxygens (including phenoxy) is 1. The van der Waals surface area contributed by atoms with Crippen molar-refractivity contribution in [2.45, 2.75) is 13.5 Å². The second-order valence-electron chi connectivity index (χ2n) is 5.12. The Hall–Kier alpha value is -2.87. The van der Waals surface area contributed by atoms with Gasteiger partial charge in [-0.2, -0.15) is 0 Å². The van der Waals surface area contributed by atoms with Crippen LogP contribution in [0.3, 0.4) is 0 Å². The summed E-state index contributed by atoms with van der Waals surface area (Å²) in [4.78, 5) is 29.9. The third-order valence-electron chi connectivity index (χ3n) is 2.95. The van der Waals surface area contributed by atoms with Gasteiger partial charge < -0.3 is 20.3 Å². The molecule has 0 fully saturated rings. The van der Waals surface area contributed by atoms with E-state index in [1.807, 2.05) is 55.5 Å². The quantitative estimate of drug-likeness (QED) is 0.637. The Morgan fingerprint density at radius 3 is 2.19 bits per heavy atom. The molecule has 0 bridgehead atoms. The summed E-state index contributed by atoms with van der Waals surface area (Å²) in [5.41, 5.74) is 2.16. The van der Waals surface area contributed by atoms with Crippen molar-refractivity contribution >= 4 is 33.8 Å². The van der Waals surface area contributed by atoms with Crippen molar-refractivity contribution in [3.05, 3.63) is 64.1 Å². The molecule has 2 aromatic carbocycles. The van der Waals surface area contributed by atoms with Gasteiger partial charge in [-0.3, -0.25) is 4.79 Å². The maximum Gasteiger partial charge on any atom is 0.414 e. The Kier molecular flexibility index (Phi) is 8.86. The lowest BCUT2D eigenvalue weighted by Crippen LogP contribution is -2.28. The minimum Gasteiger partial charge on any atom is -0.484 e. The number of amides is 1. The number of nitrogens with one attached hydrogen (secondary N) is 1. The predicted molar refractivity (Wildman–Crippen MR) is 97.9 cm³/mol. The van der Waals surface area contributed by atoms with Gasteiger partial charge in [0.25, 0.3) is 5.91 Å². The SMILES string of the molecule is Cc1cccc(OCC(=O)NCc2ccc(Br)cc2)c1.O=C(O)C(=O)O.